The van der Waals surface area contributed by atoms with Gasteiger partial charge in [0, 0.05) is 50.6 Å². The van der Waals surface area contributed by atoms with Gasteiger partial charge in [-0.05, 0) is 55.7 Å². The Labute approximate surface area is 171 Å². The Bertz CT molecular complexity index is 805. The van der Waals surface area contributed by atoms with Gasteiger partial charge in [-0.3, -0.25) is 9.59 Å². The van der Waals surface area contributed by atoms with E-state index in [-0.39, 0.29) is 18.4 Å². The average Bonchev–Trinajstić information content (AvgIpc) is 3.33. The van der Waals surface area contributed by atoms with Gasteiger partial charge < -0.3 is 24.4 Å². The molecule has 2 amide bonds. The van der Waals surface area contributed by atoms with E-state index in [2.05, 4.69) is 22.3 Å². The van der Waals surface area contributed by atoms with Gasteiger partial charge in [-0.25, -0.2) is 0 Å². The maximum Gasteiger partial charge on any atom is 0.289 e. The van der Waals surface area contributed by atoms with Crippen molar-refractivity contribution in [3.05, 3.63) is 48.4 Å². The number of nitrogens with zero attached hydrogens (tertiary/aromatic N) is 3. The number of piperidine rings is 1. The maximum absolute atomic E-state index is 12.5. The van der Waals surface area contributed by atoms with E-state index in [1.54, 1.807) is 21.9 Å². The van der Waals surface area contributed by atoms with Crippen LogP contribution in [0, 0.1) is 0 Å². The third-order valence-corrected chi connectivity index (χ3v) is 5.68. The van der Waals surface area contributed by atoms with E-state index in [0.717, 1.165) is 18.8 Å². The molecule has 154 valence electrons. The Kier molecular flexibility index (Phi) is 6.03. The molecule has 0 unspecified atom stereocenters. The standard InChI is InChI=1S/C22H28N4O3/c27-21(25-12-14-26(15-13-25)22(28)20-5-4-16-29-20)17-23-18-6-8-19(9-7-18)24-10-2-1-3-11-24/h4-9,16,23H,1-3,10-15,17H2. The Hall–Kier alpha value is -2.96. The lowest BCUT2D eigenvalue weighted by Gasteiger charge is -2.34. The van der Waals surface area contributed by atoms with Crippen molar-refractivity contribution in [1.29, 1.82) is 0 Å². The van der Waals surface area contributed by atoms with Crippen LogP contribution < -0.4 is 10.2 Å². The smallest absolute Gasteiger partial charge is 0.289 e. The van der Waals surface area contributed by atoms with E-state index in [0.29, 0.717) is 31.9 Å². The Balaban J connectivity index is 1.22. The van der Waals surface area contributed by atoms with Crippen LogP contribution in [0.3, 0.4) is 0 Å². The summed E-state index contributed by atoms with van der Waals surface area (Å²) in [7, 11) is 0. The summed E-state index contributed by atoms with van der Waals surface area (Å²) in [5, 5.41) is 3.22. The van der Waals surface area contributed by atoms with Crippen molar-refractivity contribution in [3.8, 4) is 0 Å². The van der Waals surface area contributed by atoms with Gasteiger partial charge in [0.15, 0.2) is 5.76 Å². The zero-order chi connectivity index (χ0) is 20.1. The predicted molar refractivity (Wildman–Crippen MR) is 112 cm³/mol. The summed E-state index contributed by atoms with van der Waals surface area (Å²) in [6, 6.07) is 11.7. The molecule has 2 fully saturated rings. The van der Waals surface area contributed by atoms with Crippen molar-refractivity contribution in [2.24, 2.45) is 0 Å². The van der Waals surface area contributed by atoms with Crippen LogP contribution in [0.1, 0.15) is 29.8 Å². The number of benzene rings is 1. The molecule has 29 heavy (non-hydrogen) atoms. The molecule has 1 aromatic heterocycles. The van der Waals surface area contributed by atoms with Gasteiger partial charge in [-0.1, -0.05) is 0 Å². The van der Waals surface area contributed by atoms with Crippen molar-refractivity contribution in [1.82, 2.24) is 9.80 Å². The van der Waals surface area contributed by atoms with Crippen molar-refractivity contribution in [2.75, 3.05) is 56.0 Å². The highest BCUT2D eigenvalue weighted by molar-refractivity contribution is 5.91. The number of carbonyl (C=O) groups excluding carboxylic acids is 2. The quantitative estimate of drug-likeness (QED) is 0.842. The van der Waals surface area contributed by atoms with Gasteiger partial charge in [-0.2, -0.15) is 0 Å². The molecule has 0 saturated carbocycles. The molecule has 0 spiro atoms. The number of amides is 2. The lowest BCUT2D eigenvalue weighted by Crippen LogP contribution is -2.51. The number of carbonyl (C=O) groups is 2. The maximum atomic E-state index is 12.5. The predicted octanol–water partition coefficient (Wildman–Crippen LogP) is 2.67. The average molecular weight is 396 g/mol. The minimum atomic E-state index is -0.117. The summed E-state index contributed by atoms with van der Waals surface area (Å²) < 4.78 is 5.17. The zero-order valence-corrected chi connectivity index (χ0v) is 16.7. The van der Waals surface area contributed by atoms with Crippen LogP contribution in [0.25, 0.3) is 0 Å². The number of hydrogen-bond donors (Lipinski definition) is 1. The molecule has 0 bridgehead atoms. The van der Waals surface area contributed by atoms with Crippen LogP contribution >= 0.6 is 0 Å². The molecule has 1 aromatic carbocycles. The third-order valence-electron chi connectivity index (χ3n) is 5.68. The number of anilines is 2. The highest BCUT2D eigenvalue weighted by Crippen LogP contribution is 2.21. The van der Waals surface area contributed by atoms with Gasteiger partial charge in [0.1, 0.15) is 0 Å². The van der Waals surface area contributed by atoms with E-state index in [1.807, 2.05) is 12.1 Å². The summed E-state index contributed by atoms with van der Waals surface area (Å²) in [6.45, 7) is 4.64. The molecule has 1 N–H and O–H groups in total. The van der Waals surface area contributed by atoms with Crippen molar-refractivity contribution < 1.29 is 14.0 Å². The Morgan fingerprint density at radius 1 is 0.862 bits per heavy atom. The van der Waals surface area contributed by atoms with Crippen molar-refractivity contribution in [3.63, 3.8) is 0 Å². The fourth-order valence-electron chi connectivity index (χ4n) is 3.95. The van der Waals surface area contributed by atoms with Crippen LogP contribution in [0.4, 0.5) is 11.4 Å². The Morgan fingerprint density at radius 2 is 1.55 bits per heavy atom. The van der Waals surface area contributed by atoms with E-state index in [9.17, 15) is 9.59 Å². The molecule has 2 saturated heterocycles. The molecule has 2 aromatic rings. The molecule has 7 heteroatoms. The van der Waals surface area contributed by atoms with E-state index in [4.69, 9.17) is 4.42 Å². The molecule has 0 atom stereocenters. The summed E-state index contributed by atoms with van der Waals surface area (Å²) in [5.41, 5.74) is 2.20. The zero-order valence-electron chi connectivity index (χ0n) is 16.7. The number of piperazine rings is 1. The first-order valence-electron chi connectivity index (χ1n) is 10.4. The second kappa shape index (κ2) is 9.03. The second-order valence-electron chi connectivity index (χ2n) is 7.60. The topological polar surface area (TPSA) is 69.0 Å². The highest BCUT2D eigenvalue weighted by atomic mass is 16.3. The number of nitrogens with one attached hydrogen (secondary N) is 1. The van der Waals surface area contributed by atoms with Gasteiger partial charge in [-0.15, -0.1) is 0 Å². The summed E-state index contributed by atoms with van der Waals surface area (Å²) in [6.07, 6.45) is 5.34. The van der Waals surface area contributed by atoms with Crippen LogP contribution in [0.2, 0.25) is 0 Å². The molecular formula is C22H28N4O3. The lowest BCUT2D eigenvalue weighted by molar-refractivity contribution is -0.130. The minimum Gasteiger partial charge on any atom is -0.459 e. The van der Waals surface area contributed by atoms with Crippen LogP contribution in [-0.2, 0) is 4.79 Å². The molecule has 2 aliphatic heterocycles. The fourth-order valence-corrected chi connectivity index (χ4v) is 3.95. The van der Waals surface area contributed by atoms with Crippen LogP contribution in [0.5, 0.6) is 0 Å². The highest BCUT2D eigenvalue weighted by Gasteiger charge is 2.25. The van der Waals surface area contributed by atoms with E-state index >= 15 is 0 Å². The minimum absolute atomic E-state index is 0.0511. The van der Waals surface area contributed by atoms with Crippen molar-refractivity contribution in [2.45, 2.75) is 19.3 Å². The van der Waals surface area contributed by atoms with Gasteiger partial charge in [0.25, 0.3) is 5.91 Å². The van der Waals surface area contributed by atoms with E-state index in [1.165, 1.54) is 31.2 Å². The van der Waals surface area contributed by atoms with Crippen LogP contribution in [0.15, 0.2) is 47.1 Å². The first-order valence-corrected chi connectivity index (χ1v) is 10.4. The molecule has 4 rings (SSSR count). The largest absolute Gasteiger partial charge is 0.459 e. The summed E-state index contributed by atoms with van der Waals surface area (Å²) >= 11 is 0. The lowest BCUT2D eigenvalue weighted by atomic mass is 10.1. The van der Waals surface area contributed by atoms with Crippen LogP contribution in [-0.4, -0.2) is 67.4 Å². The van der Waals surface area contributed by atoms with Gasteiger partial charge >= 0.3 is 0 Å². The van der Waals surface area contributed by atoms with Crippen molar-refractivity contribution >= 4 is 23.2 Å². The fraction of sp³-hybridized carbons (Fsp3) is 0.455. The molecule has 3 heterocycles. The summed E-state index contributed by atoms with van der Waals surface area (Å²) in [4.78, 5) is 30.8. The first-order chi connectivity index (χ1) is 14.2. The number of furan rings is 1. The first kappa shape index (κ1) is 19.4. The van der Waals surface area contributed by atoms with Gasteiger partial charge in [0.05, 0.1) is 12.8 Å². The monoisotopic (exact) mass is 396 g/mol. The molecular weight excluding hydrogens is 368 g/mol. The Morgan fingerprint density at radius 3 is 2.21 bits per heavy atom. The molecule has 0 radical (unpaired) electrons. The molecule has 7 nitrogen and oxygen atoms in total. The van der Waals surface area contributed by atoms with E-state index < -0.39 is 0 Å². The second-order valence-corrected chi connectivity index (χ2v) is 7.60. The molecule has 0 aliphatic carbocycles. The summed E-state index contributed by atoms with van der Waals surface area (Å²) in [5.74, 6) is 0.281. The molecule has 2 aliphatic rings. The third kappa shape index (κ3) is 4.72. The van der Waals surface area contributed by atoms with Gasteiger partial charge in [0.2, 0.25) is 5.91 Å². The number of rotatable bonds is 5. The normalized spacial score (nSPS) is 17.3. The SMILES string of the molecule is O=C(CNc1ccc(N2CCCCC2)cc1)N1CCN(C(=O)c2ccco2)CC1. The number of hydrogen-bond acceptors (Lipinski definition) is 5.